The van der Waals surface area contributed by atoms with E-state index in [9.17, 15) is 9.90 Å². The molecule has 2 aromatic rings. The average molecular weight is 261 g/mol. The van der Waals surface area contributed by atoms with E-state index in [4.69, 9.17) is 0 Å². The number of phenols is 1. The molecular weight excluding hydrogens is 246 g/mol. The van der Waals surface area contributed by atoms with Crippen LogP contribution in [0, 0.1) is 6.92 Å². The van der Waals surface area contributed by atoms with Gasteiger partial charge in [-0.3, -0.25) is 4.79 Å². The molecule has 0 fully saturated rings. The Balaban J connectivity index is 2.12. The second-order valence-electron chi connectivity index (χ2n) is 4.29. The van der Waals surface area contributed by atoms with Crippen molar-refractivity contribution in [2.24, 2.45) is 0 Å². The van der Waals surface area contributed by atoms with Crippen molar-refractivity contribution in [2.75, 3.05) is 7.05 Å². The zero-order valence-corrected chi connectivity index (χ0v) is 11.2. The summed E-state index contributed by atoms with van der Waals surface area (Å²) in [6, 6.07) is 7.01. The van der Waals surface area contributed by atoms with Gasteiger partial charge in [0.25, 0.3) is 5.91 Å². The number of phenolic OH excluding ortho intramolecular Hbond substituents is 1. The number of carbonyl (C=O) groups is 1. The molecule has 94 valence electrons. The monoisotopic (exact) mass is 261 g/mol. The Morgan fingerprint density at radius 1 is 1.39 bits per heavy atom. The maximum atomic E-state index is 12.2. The minimum atomic E-state index is -0.0866. The molecule has 4 heteroatoms. The number of benzene rings is 1. The number of amides is 1. The molecule has 0 saturated carbocycles. The van der Waals surface area contributed by atoms with E-state index in [-0.39, 0.29) is 11.7 Å². The van der Waals surface area contributed by atoms with Crippen LogP contribution in [0.4, 0.5) is 0 Å². The lowest BCUT2D eigenvalue weighted by atomic mass is 10.1. The Morgan fingerprint density at radius 2 is 2.17 bits per heavy atom. The summed E-state index contributed by atoms with van der Waals surface area (Å²) in [6.45, 7) is 2.38. The van der Waals surface area contributed by atoms with E-state index < -0.39 is 0 Å². The SMILES string of the molecule is Cc1ccc(C(=O)N(C)Cc2ccsc2)cc1O. The van der Waals surface area contributed by atoms with E-state index in [1.54, 1.807) is 42.3 Å². The molecular formula is C14H15NO2S. The summed E-state index contributed by atoms with van der Waals surface area (Å²) < 4.78 is 0. The van der Waals surface area contributed by atoms with E-state index >= 15 is 0 Å². The van der Waals surface area contributed by atoms with E-state index in [2.05, 4.69) is 0 Å². The quantitative estimate of drug-likeness (QED) is 0.922. The van der Waals surface area contributed by atoms with Crippen molar-refractivity contribution in [1.29, 1.82) is 0 Å². The van der Waals surface area contributed by atoms with Crippen LogP contribution in [0.1, 0.15) is 21.5 Å². The first-order chi connectivity index (χ1) is 8.58. The lowest BCUT2D eigenvalue weighted by Crippen LogP contribution is -2.25. The molecule has 0 aliphatic heterocycles. The second kappa shape index (κ2) is 5.23. The number of aromatic hydroxyl groups is 1. The van der Waals surface area contributed by atoms with Gasteiger partial charge in [0.05, 0.1) is 0 Å². The topological polar surface area (TPSA) is 40.5 Å². The first-order valence-corrected chi connectivity index (χ1v) is 6.58. The Kier molecular flexibility index (Phi) is 3.67. The molecule has 2 rings (SSSR count). The third-order valence-electron chi connectivity index (χ3n) is 2.80. The Labute approximate surface area is 110 Å². The minimum absolute atomic E-state index is 0.0866. The maximum Gasteiger partial charge on any atom is 0.254 e. The molecule has 0 aliphatic rings. The van der Waals surface area contributed by atoms with E-state index in [1.165, 1.54) is 6.07 Å². The second-order valence-corrected chi connectivity index (χ2v) is 5.07. The fourth-order valence-electron chi connectivity index (χ4n) is 1.69. The lowest BCUT2D eigenvalue weighted by molar-refractivity contribution is 0.0785. The lowest BCUT2D eigenvalue weighted by Gasteiger charge is -2.16. The van der Waals surface area contributed by atoms with Crippen molar-refractivity contribution in [1.82, 2.24) is 4.90 Å². The van der Waals surface area contributed by atoms with E-state index in [0.29, 0.717) is 12.1 Å². The molecule has 0 radical (unpaired) electrons. The van der Waals surface area contributed by atoms with Gasteiger partial charge in [0.15, 0.2) is 0 Å². The molecule has 0 spiro atoms. The van der Waals surface area contributed by atoms with Crippen LogP contribution in [0.15, 0.2) is 35.0 Å². The summed E-state index contributed by atoms with van der Waals surface area (Å²) in [4.78, 5) is 13.8. The van der Waals surface area contributed by atoms with Crippen LogP contribution in [0.5, 0.6) is 5.75 Å². The molecule has 0 bridgehead atoms. The summed E-state index contributed by atoms with van der Waals surface area (Å²) in [5.74, 6) is 0.0706. The van der Waals surface area contributed by atoms with Crippen molar-refractivity contribution in [3.8, 4) is 5.75 Å². The number of thiophene rings is 1. The van der Waals surface area contributed by atoms with Gasteiger partial charge in [0.1, 0.15) is 5.75 Å². The minimum Gasteiger partial charge on any atom is -0.508 e. The highest BCUT2D eigenvalue weighted by molar-refractivity contribution is 7.07. The van der Waals surface area contributed by atoms with Gasteiger partial charge >= 0.3 is 0 Å². The molecule has 1 aromatic heterocycles. The van der Waals surface area contributed by atoms with Crippen molar-refractivity contribution >= 4 is 17.2 Å². The molecule has 1 aromatic carbocycles. The van der Waals surface area contributed by atoms with Crippen molar-refractivity contribution in [3.63, 3.8) is 0 Å². The van der Waals surface area contributed by atoms with Crippen LogP contribution in [-0.4, -0.2) is 23.0 Å². The highest BCUT2D eigenvalue weighted by Gasteiger charge is 2.13. The number of hydrogen-bond acceptors (Lipinski definition) is 3. The number of aryl methyl sites for hydroxylation is 1. The van der Waals surface area contributed by atoms with Crippen molar-refractivity contribution in [2.45, 2.75) is 13.5 Å². The molecule has 18 heavy (non-hydrogen) atoms. The first kappa shape index (κ1) is 12.6. The number of rotatable bonds is 3. The third kappa shape index (κ3) is 2.71. The molecule has 1 heterocycles. The smallest absolute Gasteiger partial charge is 0.254 e. The third-order valence-corrected chi connectivity index (χ3v) is 3.53. The van der Waals surface area contributed by atoms with Crippen LogP contribution in [-0.2, 0) is 6.54 Å². The zero-order chi connectivity index (χ0) is 13.1. The Bertz CT molecular complexity index is 549. The van der Waals surface area contributed by atoms with Crippen LogP contribution in [0.3, 0.4) is 0 Å². The summed E-state index contributed by atoms with van der Waals surface area (Å²) in [6.07, 6.45) is 0. The summed E-state index contributed by atoms with van der Waals surface area (Å²) >= 11 is 1.62. The summed E-state index contributed by atoms with van der Waals surface area (Å²) in [7, 11) is 1.76. The van der Waals surface area contributed by atoms with Gasteiger partial charge in [0.2, 0.25) is 0 Å². The molecule has 0 unspecified atom stereocenters. The van der Waals surface area contributed by atoms with Crippen LogP contribution in [0.25, 0.3) is 0 Å². The average Bonchev–Trinajstić information content (AvgIpc) is 2.84. The predicted octanol–water partition coefficient (Wildman–Crippen LogP) is 3.03. The van der Waals surface area contributed by atoms with Gasteiger partial charge in [-0.25, -0.2) is 0 Å². The van der Waals surface area contributed by atoms with Crippen molar-refractivity contribution in [3.05, 3.63) is 51.7 Å². The molecule has 0 atom stereocenters. The number of carbonyl (C=O) groups excluding carboxylic acids is 1. The van der Waals surface area contributed by atoms with Gasteiger partial charge in [-0.15, -0.1) is 0 Å². The van der Waals surface area contributed by atoms with Crippen LogP contribution < -0.4 is 0 Å². The molecule has 3 nitrogen and oxygen atoms in total. The van der Waals surface area contributed by atoms with Gasteiger partial charge in [-0.1, -0.05) is 6.07 Å². The normalized spacial score (nSPS) is 10.3. The summed E-state index contributed by atoms with van der Waals surface area (Å²) in [5.41, 5.74) is 2.40. The Morgan fingerprint density at radius 3 is 2.78 bits per heavy atom. The molecule has 0 aliphatic carbocycles. The highest BCUT2D eigenvalue weighted by atomic mass is 32.1. The fourth-order valence-corrected chi connectivity index (χ4v) is 2.35. The van der Waals surface area contributed by atoms with Gasteiger partial charge in [0, 0.05) is 19.2 Å². The first-order valence-electron chi connectivity index (χ1n) is 5.64. The Hall–Kier alpha value is -1.81. The van der Waals surface area contributed by atoms with Gasteiger partial charge in [-0.2, -0.15) is 11.3 Å². The predicted molar refractivity (Wildman–Crippen MR) is 73.0 cm³/mol. The van der Waals surface area contributed by atoms with Crippen molar-refractivity contribution < 1.29 is 9.90 Å². The van der Waals surface area contributed by atoms with E-state index in [0.717, 1.165) is 11.1 Å². The molecule has 1 N–H and O–H groups in total. The molecule has 0 saturated heterocycles. The van der Waals surface area contributed by atoms with Crippen LogP contribution in [0.2, 0.25) is 0 Å². The van der Waals surface area contributed by atoms with E-state index in [1.807, 2.05) is 16.8 Å². The largest absolute Gasteiger partial charge is 0.508 e. The van der Waals surface area contributed by atoms with Crippen LogP contribution >= 0.6 is 11.3 Å². The zero-order valence-electron chi connectivity index (χ0n) is 10.4. The molecule has 1 amide bonds. The fraction of sp³-hybridized carbons (Fsp3) is 0.214. The number of hydrogen-bond donors (Lipinski definition) is 1. The standard InChI is InChI=1S/C14H15NO2S/c1-10-3-4-12(7-13(10)16)14(17)15(2)8-11-5-6-18-9-11/h3-7,9,16H,8H2,1-2H3. The van der Waals surface area contributed by atoms with Gasteiger partial charge < -0.3 is 10.0 Å². The summed E-state index contributed by atoms with van der Waals surface area (Å²) in [5, 5.41) is 13.6. The highest BCUT2D eigenvalue weighted by Crippen LogP contribution is 2.19. The number of nitrogens with zero attached hydrogens (tertiary/aromatic N) is 1. The van der Waals surface area contributed by atoms with Gasteiger partial charge in [-0.05, 0) is 47.0 Å². The maximum absolute atomic E-state index is 12.2.